The van der Waals surface area contributed by atoms with Gasteiger partial charge < -0.3 is 9.64 Å². The Bertz CT molecular complexity index is 639. The highest BCUT2D eigenvalue weighted by molar-refractivity contribution is 7.99. The van der Waals surface area contributed by atoms with E-state index in [0.717, 1.165) is 48.7 Å². The fraction of sp³-hybridized carbons (Fsp3) is 0.316. The molecule has 1 aliphatic heterocycles. The van der Waals surface area contributed by atoms with Crippen LogP contribution < -0.4 is 4.74 Å². The van der Waals surface area contributed by atoms with Crippen molar-refractivity contribution in [1.29, 1.82) is 0 Å². The Morgan fingerprint density at radius 2 is 1.70 bits per heavy atom. The molecular weight excluding hydrogens is 306 g/mol. The van der Waals surface area contributed by atoms with Crippen molar-refractivity contribution in [3.63, 3.8) is 0 Å². The van der Waals surface area contributed by atoms with Crippen LogP contribution in [0.4, 0.5) is 0 Å². The number of hydrogen-bond acceptors (Lipinski definition) is 3. The third-order valence-corrected chi connectivity index (χ3v) is 4.85. The monoisotopic (exact) mass is 327 g/mol. The third-order valence-electron chi connectivity index (χ3n) is 3.89. The highest BCUT2D eigenvalue weighted by atomic mass is 32.2. The summed E-state index contributed by atoms with van der Waals surface area (Å²) in [6, 6.07) is 17.8. The Labute approximate surface area is 141 Å². The summed E-state index contributed by atoms with van der Waals surface area (Å²) in [6.07, 6.45) is 2.29. The highest BCUT2D eigenvalue weighted by Gasteiger charge is 2.17. The summed E-state index contributed by atoms with van der Waals surface area (Å²) in [6.45, 7) is 1.85. The van der Waals surface area contributed by atoms with Gasteiger partial charge in [0.15, 0.2) is 0 Å². The fourth-order valence-corrected chi connectivity index (χ4v) is 3.56. The number of amides is 1. The van der Waals surface area contributed by atoms with E-state index >= 15 is 0 Å². The maximum absolute atomic E-state index is 12.1. The van der Waals surface area contributed by atoms with Crippen LogP contribution in [0.25, 0.3) is 0 Å². The van der Waals surface area contributed by atoms with Crippen molar-refractivity contribution in [2.75, 3.05) is 18.8 Å². The molecule has 0 aliphatic carbocycles. The molecule has 0 radical (unpaired) electrons. The quantitative estimate of drug-likeness (QED) is 0.791. The van der Waals surface area contributed by atoms with E-state index in [-0.39, 0.29) is 5.91 Å². The Morgan fingerprint density at radius 3 is 2.48 bits per heavy atom. The molecule has 0 unspecified atom stereocenters. The van der Waals surface area contributed by atoms with Crippen LogP contribution >= 0.6 is 11.8 Å². The van der Waals surface area contributed by atoms with Crippen LogP contribution in [0.3, 0.4) is 0 Å². The molecule has 2 aromatic rings. The van der Waals surface area contributed by atoms with Gasteiger partial charge in [-0.25, -0.2) is 0 Å². The molecule has 1 fully saturated rings. The van der Waals surface area contributed by atoms with Gasteiger partial charge in [-0.3, -0.25) is 4.79 Å². The molecule has 0 saturated carbocycles. The number of benzene rings is 2. The summed E-state index contributed by atoms with van der Waals surface area (Å²) >= 11 is 1.65. The average molecular weight is 327 g/mol. The first-order chi connectivity index (χ1) is 11.3. The summed E-state index contributed by atoms with van der Waals surface area (Å²) in [5.74, 6) is 3.27. The summed E-state index contributed by atoms with van der Waals surface area (Å²) in [4.78, 5) is 14.1. The molecular formula is C19H21NO2S. The zero-order valence-electron chi connectivity index (χ0n) is 13.1. The number of hydrogen-bond donors (Lipinski definition) is 0. The van der Waals surface area contributed by atoms with Crippen molar-refractivity contribution in [2.45, 2.75) is 18.6 Å². The van der Waals surface area contributed by atoms with Crippen LogP contribution in [-0.4, -0.2) is 29.6 Å². The lowest BCUT2D eigenvalue weighted by Gasteiger charge is -2.15. The minimum Gasteiger partial charge on any atom is -0.457 e. The molecule has 0 aromatic heterocycles. The van der Waals surface area contributed by atoms with Gasteiger partial charge in [-0.1, -0.05) is 36.4 Å². The predicted octanol–water partition coefficient (Wildman–Crippen LogP) is 4.33. The number of carbonyl (C=O) groups excluding carboxylic acids is 1. The lowest BCUT2D eigenvalue weighted by Crippen LogP contribution is -2.29. The molecule has 23 heavy (non-hydrogen) atoms. The molecule has 2 aromatic carbocycles. The van der Waals surface area contributed by atoms with Crippen molar-refractivity contribution in [3.8, 4) is 11.5 Å². The Hall–Kier alpha value is -1.94. The van der Waals surface area contributed by atoms with Gasteiger partial charge >= 0.3 is 0 Å². The molecule has 0 spiro atoms. The topological polar surface area (TPSA) is 29.5 Å². The SMILES string of the molecule is O=C(CSCc1ccccc1Oc1ccccc1)N1CCCC1. The van der Waals surface area contributed by atoms with E-state index in [4.69, 9.17) is 4.74 Å². The van der Waals surface area contributed by atoms with Crippen molar-refractivity contribution < 1.29 is 9.53 Å². The van der Waals surface area contributed by atoms with E-state index in [9.17, 15) is 4.79 Å². The molecule has 0 N–H and O–H groups in total. The van der Waals surface area contributed by atoms with E-state index in [1.54, 1.807) is 11.8 Å². The van der Waals surface area contributed by atoms with E-state index in [0.29, 0.717) is 5.75 Å². The number of nitrogens with zero attached hydrogens (tertiary/aromatic N) is 1. The summed E-state index contributed by atoms with van der Waals surface area (Å²) in [7, 11) is 0. The van der Waals surface area contributed by atoms with Gasteiger partial charge in [0.25, 0.3) is 0 Å². The number of para-hydroxylation sites is 2. The molecule has 1 saturated heterocycles. The lowest BCUT2D eigenvalue weighted by atomic mass is 10.2. The van der Waals surface area contributed by atoms with Crippen LogP contribution in [0.15, 0.2) is 54.6 Å². The van der Waals surface area contributed by atoms with Gasteiger partial charge in [-0.15, -0.1) is 11.8 Å². The first kappa shape index (κ1) is 15.9. The number of thioether (sulfide) groups is 1. The number of ether oxygens (including phenoxy) is 1. The second kappa shape index (κ2) is 8.06. The molecule has 3 rings (SSSR count). The molecule has 0 atom stereocenters. The van der Waals surface area contributed by atoms with E-state index in [1.807, 2.05) is 53.4 Å². The number of carbonyl (C=O) groups is 1. The van der Waals surface area contributed by atoms with Crippen LogP contribution in [0, 0.1) is 0 Å². The zero-order chi connectivity index (χ0) is 15.9. The fourth-order valence-electron chi connectivity index (χ4n) is 2.64. The van der Waals surface area contributed by atoms with Gasteiger partial charge in [0.2, 0.25) is 5.91 Å². The molecule has 120 valence electrons. The van der Waals surface area contributed by atoms with Crippen LogP contribution in [0.1, 0.15) is 18.4 Å². The van der Waals surface area contributed by atoms with Gasteiger partial charge in [-0.2, -0.15) is 0 Å². The smallest absolute Gasteiger partial charge is 0.232 e. The maximum Gasteiger partial charge on any atom is 0.232 e. The van der Waals surface area contributed by atoms with Crippen molar-refractivity contribution in [2.24, 2.45) is 0 Å². The van der Waals surface area contributed by atoms with Gasteiger partial charge in [0.1, 0.15) is 11.5 Å². The molecule has 4 heteroatoms. The molecule has 3 nitrogen and oxygen atoms in total. The van der Waals surface area contributed by atoms with Gasteiger partial charge in [-0.05, 0) is 31.0 Å². The van der Waals surface area contributed by atoms with Gasteiger partial charge in [0, 0.05) is 24.4 Å². The second-order valence-corrected chi connectivity index (χ2v) is 6.59. The van der Waals surface area contributed by atoms with Gasteiger partial charge in [0.05, 0.1) is 5.75 Å². The Kier molecular flexibility index (Phi) is 5.59. The first-order valence-electron chi connectivity index (χ1n) is 7.99. The molecule has 0 bridgehead atoms. The molecule has 1 aliphatic rings. The minimum absolute atomic E-state index is 0.258. The maximum atomic E-state index is 12.1. The highest BCUT2D eigenvalue weighted by Crippen LogP contribution is 2.28. The summed E-state index contributed by atoms with van der Waals surface area (Å²) in [5.41, 5.74) is 1.12. The van der Waals surface area contributed by atoms with Crippen molar-refractivity contribution in [1.82, 2.24) is 4.90 Å². The van der Waals surface area contributed by atoms with Crippen molar-refractivity contribution >= 4 is 17.7 Å². The second-order valence-electron chi connectivity index (χ2n) is 5.60. The van der Waals surface area contributed by atoms with E-state index < -0.39 is 0 Å². The van der Waals surface area contributed by atoms with Crippen molar-refractivity contribution in [3.05, 3.63) is 60.2 Å². The van der Waals surface area contributed by atoms with Crippen LogP contribution in [-0.2, 0) is 10.5 Å². The van der Waals surface area contributed by atoms with E-state index in [2.05, 4.69) is 6.07 Å². The molecule has 1 heterocycles. The average Bonchev–Trinajstić information content (AvgIpc) is 3.12. The first-order valence-corrected chi connectivity index (χ1v) is 9.15. The number of likely N-dealkylation sites (tertiary alicyclic amines) is 1. The predicted molar refractivity (Wildman–Crippen MR) is 94.9 cm³/mol. The third kappa shape index (κ3) is 4.52. The van der Waals surface area contributed by atoms with Crippen LogP contribution in [0.5, 0.6) is 11.5 Å². The Morgan fingerprint density at radius 1 is 1.00 bits per heavy atom. The van der Waals surface area contributed by atoms with E-state index in [1.165, 1.54) is 0 Å². The zero-order valence-corrected chi connectivity index (χ0v) is 13.9. The Balaban J connectivity index is 1.56. The lowest BCUT2D eigenvalue weighted by molar-refractivity contribution is -0.127. The normalized spacial score (nSPS) is 14.0. The largest absolute Gasteiger partial charge is 0.457 e. The molecule has 1 amide bonds. The standard InChI is InChI=1S/C19H21NO2S/c21-19(20-12-6-7-13-20)15-23-14-16-8-4-5-11-18(16)22-17-9-2-1-3-10-17/h1-5,8-11H,6-7,12-15H2. The summed E-state index contributed by atoms with van der Waals surface area (Å²) in [5, 5.41) is 0. The minimum atomic E-state index is 0.258. The number of rotatable bonds is 6. The van der Waals surface area contributed by atoms with Crippen LogP contribution in [0.2, 0.25) is 0 Å². The summed E-state index contributed by atoms with van der Waals surface area (Å²) < 4.78 is 5.96.